The number of anilines is 1. The summed E-state index contributed by atoms with van der Waals surface area (Å²) in [5.74, 6) is 0.931. The van der Waals surface area contributed by atoms with Crippen molar-refractivity contribution in [2.75, 3.05) is 31.0 Å². The molecule has 2 unspecified atom stereocenters. The van der Waals surface area contributed by atoms with Crippen LogP contribution in [-0.2, 0) is 11.3 Å². The number of aliphatic hydroxyl groups excluding tert-OH is 1. The van der Waals surface area contributed by atoms with Crippen LogP contribution >= 0.6 is 11.6 Å². The Hall–Kier alpha value is -1.64. The van der Waals surface area contributed by atoms with E-state index in [1.807, 2.05) is 18.2 Å². The van der Waals surface area contributed by atoms with E-state index in [-0.39, 0.29) is 12.1 Å². The lowest BCUT2D eigenvalue weighted by Gasteiger charge is -2.37. The predicted octanol–water partition coefficient (Wildman–Crippen LogP) is 3.58. The molecule has 1 aliphatic rings. The summed E-state index contributed by atoms with van der Waals surface area (Å²) < 4.78 is 28.8. The van der Waals surface area contributed by atoms with Crippen molar-refractivity contribution < 1.29 is 18.6 Å². The minimum absolute atomic E-state index is 0.105. The van der Waals surface area contributed by atoms with Crippen LogP contribution in [0, 0.1) is 0 Å². The van der Waals surface area contributed by atoms with Gasteiger partial charge in [-0.2, -0.15) is 0 Å². The molecule has 164 valence electrons. The molecule has 0 radical (unpaired) electrons. The van der Waals surface area contributed by atoms with Gasteiger partial charge in [0, 0.05) is 47.0 Å². The van der Waals surface area contributed by atoms with Crippen molar-refractivity contribution >= 4 is 28.6 Å². The first-order valence-electron chi connectivity index (χ1n) is 9.93. The van der Waals surface area contributed by atoms with Crippen LogP contribution in [0.4, 0.5) is 5.69 Å². The molecule has 2 aromatic rings. The number of benzene rings is 2. The lowest BCUT2D eigenvalue weighted by Crippen LogP contribution is -2.46. The first-order chi connectivity index (χ1) is 14.2. The number of rotatable bonds is 8. The summed E-state index contributed by atoms with van der Waals surface area (Å²) in [6.45, 7) is 5.98. The summed E-state index contributed by atoms with van der Waals surface area (Å²) in [6.07, 6.45) is 0.371. The zero-order valence-corrected chi connectivity index (χ0v) is 19.0. The van der Waals surface area contributed by atoms with E-state index in [1.54, 1.807) is 24.3 Å². The van der Waals surface area contributed by atoms with Crippen molar-refractivity contribution in [3.63, 3.8) is 0 Å². The molecule has 0 saturated carbocycles. The molecule has 0 bridgehead atoms. The van der Waals surface area contributed by atoms with E-state index in [0.29, 0.717) is 23.9 Å². The predicted molar refractivity (Wildman–Crippen MR) is 120 cm³/mol. The fourth-order valence-electron chi connectivity index (χ4n) is 4.11. The van der Waals surface area contributed by atoms with Crippen molar-refractivity contribution in [1.29, 1.82) is 0 Å². The van der Waals surface area contributed by atoms with Crippen molar-refractivity contribution in [2.24, 2.45) is 0 Å². The van der Waals surface area contributed by atoms with Gasteiger partial charge in [-0.3, -0.25) is 9.11 Å². The number of hydrogen-bond acceptors (Lipinski definition) is 5. The number of aliphatic hydroxyl groups is 1. The second-order valence-electron chi connectivity index (χ2n) is 8.17. The molecule has 0 amide bonds. The van der Waals surface area contributed by atoms with Gasteiger partial charge in [-0.25, -0.2) is 0 Å². The largest absolute Gasteiger partial charge is 0.755 e. The Morgan fingerprint density at radius 2 is 2.03 bits per heavy atom. The number of ether oxygens (including phenoxy) is 1. The van der Waals surface area contributed by atoms with Crippen molar-refractivity contribution in [2.45, 2.75) is 37.8 Å². The second kappa shape index (κ2) is 9.66. The molecule has 1 saturated heterocycles. The third-order valence-corrected chi connectivity index (χ3v) is 6.80. The highest BCUT2D eigenvalue weighted by molar-refractivity contribution is 7.80. The highest BCUT2D eigenvalue weighted by Crippen LogP contribution is 2.42. The minimum atomic E-state index is -2.32. The maximum Gasteiger partial charge on any atom is 0.119 e. The third kappa shape index (κ3) is 5.34. The van der Waals surface area contributed by atoms with Crippen LogP contribution in [0.3, 0.4) is 0 Å². The van der Waals surface area contributed by atoms with Crippen molar-refractivity contribution in [1.82, 2.24) is 4.90 Å². The van der Waals surface area contributed by atoms with Gasteiger partial charge in [0.1, 0.15) is 18.5 Å². The van der Waals surface area contributed by atoms with Crippen LogP contribution in [0.1, 0.15) is 31.7 Å². The molecule has 30 heavy (non-hydrogen) atoms. The van der Waals surface area contributed by atoms with Crippen LogP contribution < -0.4 is 9.04 Å². The summed E-state index contributed by atoms with van der Waals surface area (Å²) in [5, 5.41) is 11.3. The SMILES string of the molecule is CN(c1ccc(OC[C@@H](O)CN2CCC(c3cccc(Cl)c3)C2(C)C)cc1)S(=O)[O-]. The highest BCUT2D eigenvalue weighted by atomic mass is 35.5. The van der Waals surface area contributed by atoms with Gasteiger partial charge in [0.15, 0.2) is 0 Å². The molecule has 1 fully saturated rings. The molecule has 1 N–H and O–H groups in total. The number of hydrogen-bond donors (Lipinski definition) is 1. The quantitative estimate of drug-likeness (QED) is 0.621. The average molecular weight is 452 g/mol. The maximum atomic E-state index is 11.0. The van der Waals surface area contributed by atoms with Crippen LogP contribution in [0.15, 0.2) is 48.5 Å². The van der Waals surface area contributed by atoms with Crippen LogP contribution in [0.2, 0.25) is 5.02 Å². The van der Waals surface area contributed by atoms with E-state index >= 15 is 0 Å². The monoisotopic (exact) mass is 451 g/mol. The Balaban J connectivity index is 1.55. The molecule has 3 rings (SSSR count). The molecular weight excluding hydrogens is 424 g/mol. The van der Waals surface area contributed by atoms with Crippen molar-refractivity contribution in [3.8, 4) is 5.75 Å². The number of β-amino-alcohol motifs (C(OH)–C–C–N with tert-alkyl or cyclic N) is 1. The van der Waals surface area contributed by atoms with Crippen LogP contribution in [0.5, 0.6) is 5.75 Å². The van der Waals surface area contributed by atoms with Gasteiger partial charge in [0.05, 0.1) is 0 Å². The molecular formula is C22H28ClN2O4S-. The van der Waals surface area contributed by atoms with E-state index in [1.165, 1.54) is 12.6 Å². The van der Waals surface area contributed by atoms with Crippen LogP contribution in [0.25, 0.3) is 0 Å². The molecule has 8 heteroatoms. The van der Waals surface area contributed by atoms with E-state index in [9.17, 15) is 13.9 Å². The fraction of sp³-hybridized carbons (Fsp3) is 0.455. The molecule has 1 heterocycles. The zero-order valence-electron chi connectivity index (χ0n) is 17.5. The Morgan fingerprint density at radius 1 is 1.33 bits per heavy atom. The van der Waals surface area contributed by atoms with E-state index in [0.717, 1.165) is 22.3 Å². The Kier molecular flexibility index (Phi) is 7.42. The summed E-state index contributed by atoms with van der Waals surface area (Å²) in [7, 11) is 1.47. The summed E-state index contributed by atoms with van der Waals surface area (Å²) >= 11 is 3.86. The Labute approximate surface area is 185 Å². The summed E-state index contributed by atoms with van der Waals surface area (Å²) in [6, 6.07) is 14.7. The molecule has 3 atom stereocenters. The van der Waals surface area contributed by atoms with Gasteiger partial charge in [0.2, 0.25) is 0 Å². The fourth-order valence-corrected chi connectivity index (χ4v) is 4.60. The molecule has 0 aliphatic carbocycles. The number of nitrogens with zero attached hydrogens (tertiary/aromatic N) is 2. The normalized spacial score (nSPS) is 20.7. The highest BCUT2D eigenvalue weighted by Gasteiger charge is 2.42. The van der Waals surface area contributed by atoms with Gasteiger partial charge in [-0.1, -0.05) is 23.7 Å². The number of halogens is 1. The van der Waals surface area contributed by atoms with E-state index in [4.69, 9.17) is 16.3 Å². The molecule has 0 aromatic heterocycles. The zero-order chi connectivity index (χ0) is 21.9. The smallest absolute Gasteiger partial charge is 0.119 e. The van der Waals surface area contributed by atoms with Gasteiger partial charge in [-0.15, -0.1) is 0 Å². The first kappa shape index (κ1) is 23.0. The van der Waals surface area contributed by atoms with E-state index in [2.05, 4.69) is 24.8 Å². The van der Waals surface area contributed by atoms with Gasteiger partial charge >= 0.3 is 0 Å². The Morgan fingerprint density at radius 3 is 2.67 bits per heavy atom. The standard InChI is InChI=1S/C22H29ClN2O4S/c1-22(2)21(16-5-4-6-17(23)13-16)11-12-25(22)14-19(26)15-29-20-9-7-18(8-10-20)24(3)30(27)28/h4-10,13,19,21,26H,11-12,14-15H2,1-3H3,(H,27,28)/p-1/t19-,21?/m0/s1. The average Bonchev–Trinajstić information content (AvgIpc) is 3.00. The number of likely N-dealkylation sites (tertiary alicyclic amines) is 1. The first-order valence-corrected chi connectivity index (χ1v) is 11.3. The summed E-state index contributed by atoms with van der Waals surface area (Å²) in [4.78, 5) is 2.30. The van der Waals surface area contributed by atoms with Gasteiger partial charge in [0.25, 0.3) is 0 Å². The lowest BCUT2D eigenvalue weighted by molar-refractivity contribution is 0.0433. The molecule has 0 spiro atoms. The lowest BCUT2D eigenvalue weighted by atomic mass is 9.82. The summed E-state index contributed by atoms with van der Waals surface area (Å²) in [5.41, 5.74) is 1.67. The van der Waals surface area contributed by atoms with Crippen LogP contribution in [-0.4, -0.2) is 57.2 Å². The second-order valence-corrected chi connectivity index (χ2v) is 9.59. The third-order valence-electron chi connectivity index (χ3n) is 5.90. The minimum Gasteiger partial charge on any atom is -0.755 e. The van der Waals surface area contributed by atoms with E-state index < -0.39 is 17.4 Å². The maximum absolute atomic E-state index is 11.0. The molecule has 1 aliphatic heterocycles. The molecule has 2 aromatic carbocycles. The molecule has 6 nitrogen and oxygen atoms in total. The van der Waals surface area contributed by atoms with Crippen molar-refractivity contribution in [3.05, 3.63) is 59.1 Å². The Bertz CT molecular complexity index is 878. The van der Waals surface area contributed by atoms with Gasteiger partial charge < -0.3 is 18.7 Å². The van der Waals surface area contributed by atoms with Gasteiger partial charge in [-0.05, 0) is 68.8 Å². The topological polar surface area (TPSA) is 76.1 Å².